The van der Waals surface area contributed by atoms with Crippen molar-refractivity contribution < 1.29 is 19.1 Å². The van der Waals surface area contributed by atoms with E-state index < -0.39 is 11.7 Å². The number of aromatic nitrogens is 1. The molecule has 0 spiro atoms. The summed E-state index contributed by atoms with van der Waals surface area (Å²) in [6, 6.07) is 1.64. The molecule has 1 heterocycles. The fraction of sp³-hybridized carbons (Fsp3) is 0.696. The molecule has 4 aliphatic carbocycles. The van der Waals surface area contributed by atoms with Crippen molar-refractivity contribution in [1.29, 1.82) is 0 Å². The number of nitrogens with one attached hydrogen (secondary N) is 2. The van der Waals surface area contributed by atoms with Gasteiger partial charge in [0.25, 0.3) is 5.56 Å². The Kier molecular flexibility index (Phi) is 5.84. The van der Waals surface area contributed by atoms with Crippen LogP contribution in [0.1, 0.15) is 65.7 Å². The average Bonchev–Trinajstić information content (AvgIpc) is 2.61. The van der Waals surface area contributed by atoms with E-state index >= 15 is 0 Å². The van der Waals surface area contributed by atoms with Gasteiger partial charge in [-0.15, -0.1) is 0 Å². The largest absolute Gasteiger partial charge is 0.489 e. The van der Waals surface area contributed by atoms with Gasteiger partial charge in [0, 0.05) is 30.9 Å². The monoisotopic (exact) mass is 509 g/mol. The van der Waals surface area contributed by atoms with Crippen molar-refractivity contribution in [1.82, 2.24) is 15.2 Å². The molecular formula is C23H32BrN3O5. The number of aryl methyl sites for hydroxylation is 1. The van der Waals surface area contributed by atoms with Crippen LogP contribution in [0.5, 0.6) is 5.75 Å². The molecule has 0 aromatic carbocycles. The number of alkyl carbamates (subject to hydrolysis) is 1. The maximum atomic E-state index is 12.9. The van der Waals surface area contributed by atoms with Crippen molar-refractivity contribution in [3.63, 3.8) is 0 Å². The fourth-order valence-corrected chi connectivity index (χ4v) is 5.71. The molecule has 8 nitrogen and oxygen atoms in total. The highest BCUT2D eigenvalue weighted by atomic mass is 79.9. The lowest BCUT2D eigenvalue weighted by Gasteiger charge is -2.69. The van der Waals surface area contributed by atoms with Gasteiger partial charge in [-0.1, -0.05) is 0 Å². The van der Waals surface area contributed by atoms with Crippen LogP contribution in [0.25, 0.3) is 0 Å². The second-order valence-corrected chi connectivity index (χ2v) is 11.6. The molecule has 2 bridgehead atoms. The number of carbonyl (C=O) groups is 2. The van der Waals surface area contributed by atoms with Gasteiger partial charge in [0.1, 0.15) is 11.4 Å². The molecule has 1 aromatic rings. The SMILES string of the molecule is Cn1cc(Br)c(OC2CCC(NC(=O)C34CC(NC(=O)OC(C)(C)C)(C3)C4)CC2)cc1=O. The Morgan fingerprint density at radius 2 is 1.78 bits per heavy atom. The Labute approximate surface area is 196 Å². The minimum Gasteiger partial charge on any atom is -0.489 e. The summed E-state index contributed by atoms with van der Waals surface area (Å²) in [5.74, 6) is 0.668. The summed E-state index contributed by atoms with van der Waals surface area (Å²) >= 11 is 3.45. The maximum absolute atomic E-state index is 12.9. The summed E-state index contributed by atoms with van der Waals surface area (Å²) in [5.41, 5.74) is -1.25. The summed E-state index contributed by atoms with van der Waals surface area (Å²) in [6.45, 7) is 5.51. The van der Waals surface area contributed by atoms with Crippen LogP contribution in [0.4, 0.5) is 4.79 Å². The summed E-state index contributed by atoms with van der Waals surface area (Å²) in [5, 5.41) is 6.17. The van der Waals surface area contributed by atoms with Crippen LogP contribution < -0.4 is 20.9 Å². The second kappa shape index (κ2) is 8.08. The van der Waals surface area contributed by atoms with Gasteiger partial charge in [-0.2, -0.15) is 0 Å². The Morgan fingerprint density at radius 3 is 2.38 bits per heavy atom. The molecule has 1 aromatic heterocycles. The van der Waals surface area contributed by atoms with E-state index in [9.17, 15) is 14.4 Å². The number of hydrogen-bond acceptors (Lipinski definition) is 5. The highest BCUT2D eigenvalue weighted by molar-refractivity contribution is 9.10. The van der Waals surface area contributed by atoms with Gasteiger partial charge < -0.3 is 24.7 Å². The topological polar surface area (TPSA) is 98.7 Å². The van der Waals surface area contributed by atoms with Crippen LogP contribution in [0.3, 0.4) is 0 Å². The molecule has 4 aliphatic rings. The number of halogens is 1. The number of ether oxygens (including phenoxy) is 2. The van der Waals surface area contributed by atoms with Gasteiger partial charge in [-0.05, 0) is 81.6 Å². The molecule has 0 unspecified atom stereocenters. The molecule has 32 heavy (non-hydrogen) atoms. The molecule has 5 rings (SSSR count). The summed E-state index contributed by atoms with van der Waals surface area (Å²) < 4.78 is 13.6. The van der Waals surface area contributed by atoms with Crippen LogP contribution >= 0.6 is 15.9 Å². The van der Waals surface area contributed by atoms with Crippen molar-refractivity contribution in [2.45, 2.75) is 89.0 Å². The van der Waals surface area contributed by atoms with Crippen LogP contribution in [-0.4, -0.2) is 39.9 Å². The summed E-state index contributed by atoms with van der Waals surface area (Å²) in [7, 11) is 1.70. The van der Waals surface area contributed by atoms with E-state index in [1.165, 1.54) is 10.6 Å². The third-order valence-electron chi connectivity index (χ3n) is 6.73. The number of rotatable bonds is 5. The molecule has 9 heteroatoms. The number of pyridine rings is 1. The minimum atomic E-state index is -0.531. The highest BCUT2D eigenvalue weighted by Crippen LogP contribution is 2.67. The average molecular weight is 510 g/mol. The van der Waals surface area contributed by atoms with Crippen molar-refractivity contribution in [3.8, 4) is 5.75 Å². The number of amides is 2. The number of nitrogens with zero attached hydrogens (tertiary/aromatic N) is 1. The first-order valence-electron chi connectivity index (χ1n) is 11.2. The Hall–Kier alpha value is -2.03. The van der Waals surface area contributed by atoms with Crippen LogP contribution in [-0.2, 0) is 16.6 Å². The van der Waals surface area contributed by atoms with Crippen molar-refractivity contribution in [2.75, 3.05) is 0 Å². The van der Waals surface area contributed by atoms with Gasteiger partial charge in [0.15, 0.2) is 0 Å². The van der Waals surface area contributed by atoms with Gasteiger partial charge in [0.2, 0.25) is 5.91 Å². The molecule has 4 saturated carbocycles. The Balaban J connectivity index is 1.21. The first-order chi connectivity index (χ1) is 14.9. The zero-order valence-electron chi connectivity index (χ0n) is 19.1. The minimum absolute atomic E-state index is 0.0304. The van der Waals surface area contributed by atoms with E-state index in [-0.39, 0.29) is 34.6 Å². The molecule has 0 atom stereocenters. The quantitative estimate of drug-likeness (QED) is 0.633. The van der Waals surface area contributed by atoms with E-state index in [0.717, 1.165) is 30.2 Å². The van der Waals surface area contributed by atoms with Gasteiger partial charge in [0.05, 0.1) is 16.0 Å². The third kappa shape index (κ3) is 4.67. The van der Waals surface area contributed by atoms with Crippen LogP contribution in [0.15, 0.2) is 21.5 Å². The predicted octanol–water partition coefficient (Wildman–Crippen LogP) is 3.40. The van der Waals surface area contributed by atoms with E-state index in [1.54, 1.807) is 13.2 Å². The first-order valence-corrected chi connectivity index (χ1v) is 12.0. The molecular weight excluding hydrogens is 478 g/mol. The van der Waals surface area contributed by atoms with Crippen LogP contribution in [0.2, 0.25) is 0 Å². The molecule has 2 amide bonds. The molecule has 0 aliphatic heterocycles. The smallest absolute Gasteiger partial charge is 0.408 e. The second-order valence-electron chi connectivity index (χ2n) is 10.7. The lowest BCUT2D eigenvalue weighted by molar-refractivity contribution is -0.180. The van der Waals surface area contributed by atoms with E-state index in [1.807, 2.05) is 20.8 Å². The van der Waals surface area contributed by atoms with Crippen molar-refractivity contribution >= 4 is 27.9 Å². The van der Waals surface area contributed by atoms with Gasteiger partial charge in [-0.3, -0.25) is 9.59 Å². The standard InChI is InChI=1S/C23H32BrN3O5/c1-21(2,3)32-20(30)26-23-11-22(12-23,13-23)19(29)25-14-5-7-15(8-6-14)31-17-9-18(28)27(4)10-16(17)24/h9-10,14-15H,5-8,11-13H2,1-4H3,(H,25,29)(H,26,30). The summed E-state index contributed by atoms with van der Waals surface area (Å²) in [4.78, 5) is 36.8. The zero-order valence-corrected chi connectivity index (χ0v) is 20.7. The van der Waals surface area contributed by atoms with Gasteiger partial charge >= 0.3 is 6.09 Å². The van der Waals surface area contributed by atoms with Crippen LogP contribution in [0, 0.1) is 5.41 Å². The molecule has 0 radical (unpaired) electrons. The van der Waals surface area contributed by atoms with Gasteiger partial charge in [-0.25, -0.2) is 4.79 Å². The molecule has 4 fully saturated rings. The number of hydrogen-bond donors (Lipinski definition) is 2. The first kappa shape index (κ1) is 23.1. The zero-order chi connectivity index (χ0) is 23.3. The lowest BCUT2D eigenvalue weighted by atomic mass is 9.39. The lowest BCUT2D eigenvalue weighted by Crippen LogP contribution is -2.78. The summed E-state index contributed by atoms with van der Waals surface area (Å²) in [6.07, 6.45) is 6.70. The maximum Gasteiger partial charge on any atom is 0.408 e. The van der Waals surface area contributed by atoms with Crippen molar-refractivity contribution in [2.24, 2.45) is 12.5 Å². The van der Waals surface area contributed by atoms with E-state index in [4.69, 9.17) is 9.47 Å². The van der Waals surface area contributed by atoms with E-state index in [2.05, 4.69) is 26.6 Å². The Bertz CT molecular complexity index is 955. The molecule has 0 saturated heterocycles. The fourth-order valence-electron chi connectivity index (χ4n) is 5.19. The molecule has 2 N–H and O–H groups in total. The predicted molar refractivity (Wildman–Crippen MR) is 123 cm³/mol. The molecule has 176 valence electrons. The number of carbonyl (C=O) groups excluding carboxylic acids is 2. The Morgan fingerprint density at radius 1 is 1.16 bits per heavy atom. The third-order valence-corrected chi connectivity index (χ3v) is 7.32. The van der Waals surface area contributed by atoms with E-state index in [0.29, 0.717) is 25.0 Å². The highest BCUT2D eigenvalue weighted by Gasteiger charge is 2.72. The van der Waals surface area contributed by atoms with Crippen molar-refractivity contribution in [3.05, 3.63) is 27.1 Å². The normalized spacial score (nSPS) is 31.0.